The minimum atomic E-state index is -0.212. The van der Waals surface area contributed by atoms with Gasteiger partial charge in [-0.1, -0.05) is 47.1 Å². The zero-order chi connectivity index (χ0) is 21.9. The summed E-state index contributed by atoms with van der Waals surface area (Å²) in [7, 11) is 0. The predicted octanol–water partition coefficient (Wildman–Crippen LogP) is 5.37. The quantitative estimate of drug-likeness (QED) is 0.487. The number of carbonyl (C=O) groups excluding carboxylic acids is 1. The Hall–Kier alpha value is -2.32. The number of hydrogen-bond acceptors (Lipinski definition) is 6. The van der Waals surface area contributed by atoms with Crippen LogP contribution in [0, 0.1) is 0 Å². The monoisotopic (exact) mass is 483 g/mol. The highest BCUT2D eigenvalue weighted by molar-refractivity contribution is 7.99. The molecule has 6 rings (SSSR count). The van der Waals surface area contributed by atoms with Gasteiger partial charge in [-0.05, 0) is 54.7 Å². The van der Waals surface area contributed by atoms with Crippen LogP contribution in [0.15, 0.2) is 47.6 Å². The SMILES string of the molecule is O=C1c2cnc(Nc3ccc4c(c3)CCNC43CC3)nc2SCN1c1c(Cl)cccc1Cl. The molecule has 3 heterocycles. The first-order valence-electron chi connectivity index (χ1n) is 10.5. The van der Waals surface area contributed by atoms with E-state index in [2.05, 4.69) is 38.8 Å². The third-order valence-electron chi connectivity index (χ3n) is 6.25. The summed E-state index contributed by atoms with van der Waals surface area (Å²) in [5, 5.41) is 8.47. The molecule has 6 nitrogen and oxygen atoms in total. The molecule has 162 valence electrons. The van der Waals surface area contributed by atoms with Crippen molar-refractivity contribution in [3.8, 4) is 0 Å². The Morgan fingerprint density at radius 3 is 2.75 bits per heavy atom. The smallest absolute Gasteiger partial charge is 0.263 e. The molecule has 1 spiro atoms. The molecule has 0 bridgehead atoms. The van der Waals surface area contributed by atoms with E-state index in [4.69, 9.17) is 23.2 Å². The number of thioether (sulfide) groups is 1. The van der Waals surface area contributed by atoms with E-state index in [1.165, 1.54) is 35.7 Å². The zero-order valence-electron chi connectivity index (χ0n) is 17.0. The molecule has 2 N–H and O–H groups in total. The van der Waals surface area contributed by atoms with Crippen molar-refractivity contribution in [2.45, 2.75) is 29.8 Å². The molecular formula is C23H19Cl2N5OS. The van der Waals surface area contributed by atoms with Crippen molar-refractivity contribution >= 4 is 58.2 Å². The molecule has 1 amide bonds. The largest absolute Gasteiger partial charge is 0.324 e. The minimum Gasteiger partial charge on any atom is -0.324 e. The second-order valence-corrected chi connectivity index (χ2v) is 9.99. The van der Waals surface area contributed by atoms with Crippen LogP contribution in [0.4, 0.5) is 17.3 Å². The number of para-hydroxylation sites is 1. The number of rotatable bonds is 3. The van der Waals surface area contributed by atoms with E-state index in [9.17, 15) is 4.79 Å². The minimum absolute atomic E-state index is 0.210. The number of nitrogens with zero attached hydrogens (tertiary/aromatic N) is 3. The van der Waals surface area contributed by atoms with Crippen LogP contribution in [-0.2, 0) is 12.0 Å². The van der Waals surface area contributed by atoms with E-state index in [0.717, 1.165) is 18.7 Å². The van der Waals surface area contributed by atoms with E-state index in [-0.39, 0.29) is 11.4 Å². The van der Waals surface area contributed by atoms with Gasteiger partial charge in [0.05, 0.1) is 27.2 Å². The molecule has 1 fully saturated rings. The summed E-state index contributed by atoms with van der Waals surface area (Å²) in [5.74, 6) is 0.638. The fraction of sp³-hybridized carbons (Fsp3) is 0.261. The molecule has 32 heavy (non-hydrogen) atoms. The van der Waals surface area contributed by atoms with Crippen LogP contribution < -0.4 is 15.5 Å². The number of carbonyl (C=O) groups is 1. The Morgan fingerprint density at radius 1 is 1.16 bits per heavy atom. The molecule has 2 aliphatic heterocycles. The van der Waals surface area contributed by atoms with Crippen molar-refractivity contribution < 1.29 is 4.79 Å². The molecule has 0 radical (unpaired) electrons. The molecule has 0 unspecified atom stereocenters. The summed E-state index contributed by atoms with van der Waals surface area (Å²) in [6.45, 7) is 1.01. The van der Waals surface area contributed by atoms with Gasteiger partial charge in [-0.2, -0.15) is 0 Å². The maximum atomic E-state index is 13.1. The normalized spacial score (nSPS) is 18.3. The first kappa shape index (κ1) is 20.3. The first-order chi connectivity index (χ1) is 15.5. The lowest BCUT2D eigenvalue weighted by molar-refractivity contribution is 0.0985. The van der Waals surface area contributed by atoms with E-state index < -0.39 is 0 Å². The van der Waals surface area contributed by atoms with Crippen LogP contribution >= 0.6 is 35.0 Å². The number of anilines is 3. The Bertz CT molecular complexity index is 1240. The van der Waals surface area contributed by atoms with Crippen molar-refractivity contribution in [2.75, 3.05) is 22.6 Å². The number of hydrogen-bond donors (Lipinski definition) is 2. The van der Waals surface area contributed by atoms with Crippen molar-refractivity contribution in [2.24, 2.45) is 0 Å². The van der Waals surface area contributed by atoms with Gasteiger partial charge in [-0.3, -0.25) is 9.69 Å². The Balaban J connectivity index is 1.25. The summed E-state index contributed by atoms with van der Waals surface area (Å²) < 4.78 is 0. The second-order valence-electron chi connectivity index (χ2n) is 8.25. The molecule has 1 saturated carbocycles. The van der Waals surface area contributed by atoms with Gasteiger partial charge in [0.2, 0.25) is 5.95 Å². The summed E-state index contributed by atoms with van der Waals surface area (Å²) in [6, 6.07) is 11.7. The molecule has 1 aromatic heterocycles. The van der Waals surface area contributed by atoms with Gasteiger partial charge in [0.25, 0.3) is 5.91 Å². The second kappa shape index (κ2) is 7.63. The Kier molecular flexibility index (Phi) is 4.84. The Morgan fingerprint density at radius 2 is 1.97 bits per heavy atom. The highest BCUT2D eigenvalue weighted by Gasteiger charge is 2.46. The van der Waals surface area contributed by atoms with Gasteiger partial charge < -0.3 is 10.6 Å². The number of fused-ring (bicyclic) bond motifs is 3. The van der Waals surface area contributed by atoms with Crippen molar-refractivity contribution in [1.29, 1.82) is 0 Å². The lowest BCUT2D eigenvalue weighted by atomic mass is 9.92. The topological polar surface area (TPSA) is 70.1 Å². The number of halogens is 2. The van der Waals surface area contributed by atoms with Gasteiger partial charge >= 0.3 is 0 Å². The lowest BCUT2D eigenvalue weighted by Crippen LogP contribution is -2.36. The zero-order valence-corrected chi connectivity index (χ0v) is 19.3. The van der Waals surface area contributed by atoms with Crippen LogP contribution in [0.25, 0.3) is 0 Å². The van der Waals surface area contributed by atoms with Crippen molar-refractivity contribution in [1.82, 2.24) is 15.3 Å². The first-order valence-corrected chi connectivity index (χ1v) is 12.2. The van der Waals surface area contributed by atoms with Crippen LogP contribution in [0.3, 0.4) is 0 Å². The maximum Gasteiger partial charge on any atom is 0.263 e. The lowest BCUT2D eigenvalue weighted by Gasteiger charge is -2.29. The fourth-order valence-corrected chi connectivity index (χ4v) is 6.05. The van der Waals surface area contributed by atoms with Crippen LogP contribution in [0.2, 0.25) is 10.0 Å². The predicted molar refractivity (Wildman–Crippen MR) is 128 cm³/mol. The maximum absolute atomic E-state index is 13.1. The molecule has 1 aliphatic carbocycles. The molecular weight excluding hydrogens is 465 g/mol. The molecule has 9 heteroatoms. The van der Waals surface area contributed by atoms with Gasteiger partial charge in [-0.25, -0.2) is 9.97 Å². The van der Waals surface area contributed by atoms with Crippen LogP contribution in [-0.4, -0.2) is 28.3 Å². The number of amides is 1. The van der Waals surface area contributed by atoms with E-state index >= 15 is 0 Å². The van der Waals surface area contributed by atoms with Crippen molar-refractivity contribution in [3.05, 3.63) is 69.3 Å². The summed E-state index contributed by atoms with van der Waals surface area (Å²) >= 11 is 14.1. The van der Waals surface area contributed by atoms with Crippen LogP contribution in [0.1, 0.15) is 34.3 Å². The fourth-order valence-electron chi connectivity index (χ4n) is 4.50. The molecule has 3 aliphatic rings. The Labute approximate surface area is 199 Å². The van der Waals surface area contributed by atoms with Gasteiger partial charge in [0.15, 0.2) is 0 Å². The summed E-state index contributed by atoms with van der Waals surface area (Å²) in [4.78, 5) is 23.7. The highest BCUT2D eigenvalue weighted by Crippen LogP contribution is 2.49. The number of nitrogens with one attached hydrogen (secondary N) is 2. The summed E-state index contributed by atoms with van der Waals surface area (Å²) in [5.41, 5.74) is 4.91. The molecule has 2 aromatic carbocycles. The van der Waals surface area contributed by atoms with E-state index in [0.29, 0.717) is 38.1 Å². The molecule has 0 saturated heterocycles. The summed E-state index contributed by atoms with van der Waals surface area (Å²) in [6.07, 6.45) is 5.01. The van der Waals surface area contributed by atoms with E-state index in [1.807, 2.05) is 0 Å². The third kappa shape index (κ3) is 3.35. The van der Waals surface area contributed by atoms with Crippen molar-refractivity contribution in [3.63, 3.8) is 0 Å². The third-order valence-corrected chi connectivity index (χ3v) is 7.83. The molecule has 3 aromatic rings. The average Bonchev–Trinajstić information content (AvgIpc) is 3.55. The number of aromatic nitrogens is 2. The number of benzene rings is 2. The van der Waals surface area contributed by atoms with E-state index in [1.54, 1.807) is 29.3 Å². The van der Waals surface area contributed by atoms with Gasteiger partial charge in [0.1, 0.15) is 5.03 Å². The van der Waals surface area contributed by atoms with Gasteiger partial charge in [-0.15, -0.1) is 0 Å². The highest BCUT2D eigenvalue weighted by atomic mass is 35.5. The standard InChI is InChI=1S/C23H19Cl2N5OS/c24-17-2-1-3-18(25)19(17)30-12-32-20-15(21(30)31)11-26-22(29-20)28-14-4-5-16-13(10-14)6-9-27-23(16)7-8-23/h1-5,10-11,27H,6-9,12H2,(H,26,28,29). The molecule has 0 atom stereocenters. The van der Waals surface area contributed by atoms with Crippen LogP contribution in [0.5, 0.6) is 0 Å². The van der Waals surface area contributed by atoms with Gasteiger partial charge in [0, 0.05) is 24.0 Å². The average molecular weight is 484 g/mol.